The molecule has 5 nitrogen and oxygen atoms in total. The van der Waals surface area contributed by atoms with E-state index in [2.05, 4.69) is 14.7 Å². The molecule has 0 saturated heterocycles. The number of methoxy groups -OCH3 is 1. The highest BCUT2D eigenvalue weighted by molar-refractivity contribution is 5.74. The van der Waals surface area contributed by atoms with Gasteiger partial charge in [-0.25, -0.2) is 14.8 Å². The summed E-state index contributed by atoms with van der Waals surface area (Å²) in [4.78, 5) is 18.4. The molecule has 0 spiro atoms. The highest BCUT2D eigenvalue weighted by Crippen LogP contribution is 2.07. The molecule has 1 unspecified atom stereocenters. The fourth-order valence-corrected chi connectivity index (χ4v) is 0.764. The van der Waals surface area contributed by atoms with Crippen LogP contribution in [-0.2, 0) is 9.53 Å². The van der Waals surface area contributed by atoms with E-state index in [0.29, 0.717) is 5.75 Å². The van der Waals surface area contributed by atoms with Crippen molar-refractivity contribution in [1.29, 1.82) is 0 Å². The number of carbonyl (C=O) groups excluding carboxylic acids is 1. The van der Waals surface area contributed by atoms with Crippen LogP contribution in [0.25, 0.3) is 0 Å². The number of hydrogen-bond acceptors (Lipinski definition) is 5. The van der Waals surface area contributed by atoms with Crippen molar-refractivity contribution in [2.75, 3.05) is 7.11 Å². The van der Waals surface area contributed by atoms with E-state index < -0.39 is 12.1 Å². The second kappa shape index (κ2) is 4.39. The first-order chi connectivity index (χ1) is 6.24. The lowest BCUT2D eigenvalue weighted by molar-refractivity contribution is -0.147. The zero-order valence-corrected chi connectivity index (χ0v) is 7.43. The van der Waals surface area contributed by atoms with Gasteiger partial charge in [-0.1, -0.05) is 0 Å². The number of aromatic nitrogens is 2. The number of rotatable bonds is 3. The van der Waals surface area contributed by atoms with E-state index in [4.69, 9.17) is 4.74 Å². The van der Waals surface area contributed by atoms with Crippen molar-refractivity contribution in [3.8, 4) is 5.75 Å². The molecule has 13 heavy (non-hydrogen) atoms. The van der Waals surface area contributed by atoms with Gasteiger partial charge < -0.3 is 9.47 Å². The zero-order chi connectivity index (χ0) is 9.68. The zero-order valence-electron chi connectivity index (χ0n) is 7.43. The number of esters is 1. The Morgan fingerprint density at radius 3 is 2.62 bits per heavy atom. The monoisotopic (exact) mass is 182 g/mol. The van der Waals surface area contributed by atoms with Crippen molar-refractivity contribution in [3.63, 3.8) is 0 Å². The highest BCUT2D eigenvalue weighted by Gasteiger charge is 2.14. The van der Waals surface area contributed by atoms with E-state index in [1.807, 2.05) is 0 Å². The third-order valence-corrected chi connectivity index (χ3v) is 1.38. The van der Waals surface area contributed by atoms with Gasteiger partial charge in [0.15, 0.2) is 11.9 Å². The molecule has 0 bridgehead atoms. The molecule has 0 fully saturated rings. The Kier molecular flexibility index (Phi) is 3.19. The Bertz CT molecular complexity index is 276. The number of hydrogen-bond donors (Lipinski definition) is 0. The van der Waals surface area contributed by atoms with Gasteiger partial charge in [0.2, 0.25) is 0 Å². The van der Waals surface area contributed by atoms with Crippen LogP contribution >= 0.6 is 0 Å². The molecule has 0 saturated carbocycles. The van der Waals surface area contributed by atoms with E-state index in [1.165, 1.54) is 25.8 Å². The molecule has 1 heterocycles. The minimum absolute atomic E-state index is 0.427. The van der Waals surface area contributed by atoms with Crippen LogP contribution < -0.4 is 4.74 Å². The van der Waals surface area contributed by atoms with E-state index in [-0.39, 0.29) is 0 Å². The average Bonchev–Trinajstić information content (AvgIpc) is 2.18. The normalized spacial score (nSPS) is 11.8. The summed E-state index contributed by atoms with van der Waals surface area (Å²) in [6, 6.07) is 0. The van der Waals surface area contributed by atoms with Crippen LogP contribution in [0.15, 0.2) is 18.7 Å². The van der Waals surface area contributed by atoms with Crippen LogP contribution in [0, 0.1) is 0 Å². The van der Waals surface area contributed by atoms with Crippen molar-refractivity contribution in [3.05, 3.63) is 18.7 Å². The largest absolute Gasteiger partial charge is 0.476 e. The Morgan fingerprint density at radius 2 is 2.08 bits per heavy atom. The molecule has 0 amide bonds. The summed E-state index contributed by atoms with van der Waals surface area (Å²) in [6.45, 7) is 1.60. The first-order valence-corrected chi connectivity index (χ1v) is 3.73. The molecule has 5 heteroatoms. The molecule has 0 N–H and O–H groups in total. The standard InChI is InChI=1S/C8H10N2O3/c1-6(8(11)12-2)13-7-3-9-5-10-4-7/h3-6H,1-2H3. The van der Waals surface area contributed by atoms with E-state index in [1.54, 1.807) is 6.92 Å². The van der Waals surface area contributed by atoms with Crippen LogP contribution in [0.1, 0.15) is 6.92 Å². The van der Waals surface area contributed by atoms with Gasteiger partial charge in [0.1, 0.15) is 6.33 Å². The van der Waals surface area contributed by atoms with Crippen LogP contribution in [-0.4, -0.2) is 29.2 Å². The van der Waals surface area contributed by atoms with Crippen LogP contribution in [0.3, 0.4) is 0 Å². The van der Waals surface area contributed by atoms with Crippen LogP contribution in [0.2, 0.25) is 0 Å². The predicted octanol–water partition coefficient (Wildman–Crippen LogP) is 0.417. The van der Waals surface area contributed by atoms with Crippen molar-refractivity contribution >= 4 is 5.97 Å². The second-order valence-corrected chi connectivity index (χ2v) is 2.36. The molecule has 1 aromatic heterocycles. The lowest BCUT2D eigenvalue weighted by Crippen LogP contribution is -2.24. The fraction of sp³-hybridized carbons (Fsp3) is 0.375. The third-order valence-electron chi connectivity index (χ3n) is 1.38. The minimum Gasteiger partial charge on any atom is -0.476 e. The quantitative estimate of drug-likeness (QED) is 0.634. The van der Waals surface area contributed by atoms with Gasteiger partial charge in [-0.15, -0.1) is 0 Å². The van der Waals surface area contributed by atoms with Crippen molar-refractivity contribution in [2.24, 2.45) is 0 Å². The maximum atomic E-state index is 10.9. The van der Waals surface area contributed by atoms with Gasteiger partial charge in [-0.2, -0.15) is 0 Å². The van der Waals surface area contributed by atoms with Crippen LogP contribution in [0.5, 0.6) is 5.75 Å². The maximum absolute atomic E-state index is 10.9. The first-order valence-electron chi connectivity index (χ1n) is 3.73. The van der Waals surface area contributed by atoms with E-state index in [9.17, 15) is 4.79 Å². The molecule has 0 aliphatic heterocycles. The highest BCUT2D eigenvalue weighted by atomic mass is 16.6. The molecule has 70 valence electrons. The average molecular weight is 182 g/mol. The van der Waals surface area contributed by atoms with Crippen LogP contribution in [0.4, 0.5) is 0 Å². The smallest absolute Gasteiger partial charge is 0.346 e. The molecular formula is C8H10N2O3. The van der Waals surface area contributed by atoms with Gasteiger partial charge in [0.05, 0.1) is 19.5 Å². The molecule has 0 aromatic carbocycles. The predicted molar refractivity (Wildman–Crippen MR) is 44.1 cm³/mol. The molecule has 1 aromatic rings. The van der Waals surface area contributed by atoms with Gasteiger partial charge in [-0.3, -0.25) is 0 Å². The van der Waals surface area contributed by atoms with Crippen molar-refractivity contribution < 1.29 is 14.3 Å². The lowest BCUT2D eigenvalue weighted by Gasteiger charge is -2.10. The molecule has 0 aliphatic carbocycles. The lowest BCUT2D eigenvalue weighted by atomic mass is 10.4. The SMILES string of the molecule is COC(=O)C(C)Oc1cncnc1. The van der Waals surface area contributed by atoms with Gasteiger partial charge >= 0.3 is 5.97 Å². The molecule has 0 radical (unpaired) electrons. The van der Waals surface area contributed by atoms with Gasteiger partial charge in [0, 0.05) is 0 Å². The number of carbonyl (C=O) groups is 1. The summed E-state index contributed by atoms with van der Waals surface area (Å²) in [7, 11) is 1.31. The Hall–Kier alpha value is -1.65. The summed E-state index contributed by atoms with van der Waals surface area (Å²) in [5.74, 6) is 0.0178. The summed E-state index contributed by atoms with van der Waals surface area (Å²) in [5.41, 5.74) is 0. The fourth-order valence-electron chi connectivity index (χ4n) is 0.764. The van der Waals surface area contributed by atoms with Gasteiger partial charge in [-0.05, 0) is 6.92 Å². The third kappa shape index (κ3) is 2.70. The Balaban J connectivity index is 2.55. The molecule has 0 aliphatic rings. The van der Waals surface area contributed by atoms with Crippen molar-refractivity contribution in [2.45, 2.75) is 13.0 Å². The number of ether oxygens (including phenoxy) is 2. The second-order valence-electron chi connectivity index (χ2n) is 2.36. The maximum Gasteiger partial charge on any atom is 0.346 e. The van der Waals surface area contributed by atoms with E-state index in [0.717, 1.165) is 0 Å². The molecule has 1 rings (SSSR count). The Labute approximate surface area is 75.7 Å². The van der Waals surface area contributed by atoms with Gasteiger partial charge in [0.25, 0.3) is 0 Å². The summed E-state index contributed by atoms with van der Waals surface area (Å²) in [5, 5.41) is 0. The Morgan fingerprint density at radius 1 is 1.46 bits per heavy atom. The minimum atomic E-state index is -0.643. The topological polar surface area (TPSA) is 61.3 Å². The number of nitrogens with zero attached hydrogens (tertiary/aromatic N) is 2. The molecule has 1 atom stereocenters. The molecular weight excluding hydrogens is 172 g/mol. The van der Waals surface area contributed by atoms with E-state index >= 15 is 0 Å². The first kappa shape index (κ1) is 9.44. The van der Waals surface area contributed by atoms with Crippen molar-refractivity contribution in [1.82, 2.24) is 9.97 Å². The summed E-state index contributed by atoms with van der Waals surface area (Å²) < 4.78 is 9.65. The summed E-state index contributed by atoms with van der Waals surface area (Å²) >= 11 is 0. The summed E-state index contributed by atoms with van der Waals surface area (Å²) in [6.07, 6.45) is 3.70.